The van der Waals surface area contributed by atoms with Gasteiger partial charge >= 0.3 is 0 Å². The first-order chi connectivity index (χ1) is 11.7. The number of rotatable bonds is 6. The number of ether oxygens (including phenoxy) is 2. The maximum absolute atomic E-state index is 12.0. The van der Waals surface area contributed by atoms with Gasteiger partial charge in [0, 0.05) is 44.7 Å². The van der Waals surface area contributed by atoms with E-state index < -0.39 is 0 Å². The predicted octanol–water partition coefficient (Wildman–Crippen LogP) is 2.84. The second-order valence-electron chi connectivity index (χ2n) is 6.64. The number of amides is 1. The van der Waals surface area contributed by atoms with Gasteiger partial charge in [-0.1, -0.05) is 0 Å². The summed E-state index contributed by atoms with van der Waals surface area (Å²) >= 11 is 0. The number of anilines is 2. The number of nitrogens with zero attached hydrogens (tertiary/aromatic N) is 1. The van der Waals surface area contributed by atoms with Gasteiger partial charge in [0.2, 0.25) is 5.91 Å². The number of hydrogen-bond acceptors (Lipinski definition) is 4. The topological polar surface area (TPSA) is 50.8 Å². The number of carbonyl (C=O) groups is 1. The molecule has 0 spiro atoms. The normalized spacial score (nSPS) is 19.9. The number of aryl methyl sites for hydroxylation is 1. The Morgan fingerprint density at radius 1 is 1.33 bits per heavy atom. The zero-order valence-electron chi connectivity index (χ0n) is 14.7. The van der Waals surface area contributed by atoms with Crippen LogP contribution in [0, 0.1) is 5.92 Å². The van der Waals surface area contributed by atoms with E-state index in [2.05, 4.69) is 23.5 Å². The largest absolute Gasteiger partial charge is 0.383 e. The average molecular weight is 332 g/mol. The Hall–Kier alpha value is -1.59. The van der Waals surface area contributed by atoms with Crippen LogP contribution in [0.1, 0.15) is 31.7 Å². The van der Waals surface area contributed by atoms with E-state index in [0.717, 1.165) is 50.4 Å². The number of fused-ring (bicyclic) bond motifs is 1. The third-order valence-electron chi connectivity index (χ3n) is 5.13. The van der Waals surface area contributed by atoms with Crippen molar-refractivity contribution in [2.45, 2.75) is 38.6 Å². The molecule has 5 nitrogen and oxygen atoms in total. The molecule has 0 saturated carbocycles. The van der Waals surface area contributed by atoms with Crippen molar-refractivity contribution in [3.05, 3.63) is 23.8 Å². The van der Waals surface area contributed by atoms with Gasteiger partial charge in [0.25, 0.3) is 0 Å². The molecule has 2 aliphatic heterocycles. The molecule has 2 aliphatic rings. The van der Waals surface area contributed by atoms with Gasteiger partial charge in [0.05, 0.1) is 12.6 Å². The summed E-state index contributed by atoms with van der Waals surface area (Å²) in [5.41, 5.74) is 3.44. The summed E-state index contributed by atoms with van der Waals surface area (Å²) < 4.78 is 10.9. The minimum absolute atomic E-state index is 0.227. The quantitative estimate of drug-likeness (QED) is 0.870. The first kappa shape index (κ1) is 17.2. The van der Waals surface area contributed by atoms with Crippen molar-refractivity contribution >= 4 is 17.3 Å². The number of methoxy groups -OCH3 is 1. The van der Waals surface area contributed by atoms with Crippen molar-refractivity contribution < 1.29 is 14.3 Å². The maximum Gasteiger partial charge on any atom is 0.227 e. The van der Waals surface area contributed by atoms with Gasteiger partial charge < -0.3 is 19.7 Å². The molecule has 0 bridgehead atoms. The van der Waals surface area contributed by atoms with Crippen molar-refractivity contribution in [1.29, 1.82) is 0 Å². The van der Waals surface area contributed by atoms with Gasteiger partial charge in [0.1, 0.15) is 0 Å². The molecular weight excluding hydrogens is 304 g/mol. The maximum atomic E-state index is 12.0. The minimum atomic E-state index is 0.227. The molecule has 0 radical (unpaired) electrons. The van der Waals surface area contributed by atoms with E-state index in [-0.39, 0.29) is 5.91 Å². The Labute approximate surface area is 144 Å². The molecule has 0 aromatic heterocycles. The Bertz CT molecular complexity index is 570. The van der Waals surface area contributed by atoms with Gasteiger partial charge in [-0.05, 0) is 55.9 Å². The molecule has 5 heteroatoms. The third-order valence-corrected chi connectivity index (χ3v) is 5.13. The highest BCUT2D eigenvalue weighted by atomic mass is 16.5. The minimum Gasteiger partial charge on any atom is -0.383 e. The lowest BCUT2D eigenvalue weighted by atomic mass is 9.91. The Kier molecular flexibility index (Phi) is 5.74. The van der Waals surface area contributed by atoms with E-state index in [4.69, 9.17) is 9.47 Å². The lowest BCUT2D eigenvalue weighted by Gasteiger charge is -2.32. The first-order valence-electron chi connectivity index (χ1n) is 8.99. The van der Waals surface area contributed by atoms with Crippen LogP contribution in [0.2, 0.25) is 0 Å². The molecule has 0 aliphatic carbocycles. The van der Waals surface area contributed by atoms with Crippen molar-refractivity contribution in [3.8, 4) is 0 Å². The summed E-state index contributed by atoms with van der Waals surface area (Å²) in [5, 5.41) is 3.66. The first-order valence-corrected chi connectivity index (χ1v) is 8.99. The Morgan fingerprint density at radius 2 is 2.12 bits per heavy atom. The molecule has 1 amide bonds. The molecule has 2 heterocycles. The van der Waals surface area contributed by atoms with Crippen molar-refractivity contribution in [1.82, 2.24) is 0 Å². The number of benzene rings is 1. The molecule has 1 atom stereocenters. The third kappa shape index (κ3) is 3.73. The number of nitrogens with one attached hydrogen (secondary N) is 1. The van der Waals surface area contributed by atoms with E-state index in [9.17, 15) is 4.79 Å². The molecular formula is C19H28N2O3. The molecule has 1 fully saturated rings. The van der Waals surface area contributed by atoms with Crippen LogP contribution < -0.4 is 10.2 Å². The van der Waals surface area contributed by atoms with Crippen molar-refractivity contribution in [2.75, 3.05) is 43.7 Å². The van der Waals surface area contributed by atoms with E-state index >= 15 is 0 Å². The van der Waals surface area contributed by atoms with Gasteiger partial charge in [-0.25, -0.2) is 0 Å². The van der Waals surface area contributed by atoms with Crippen LogP contribution in [-0.2, 0) is 20.7 Å². The second kappa shape index (κ2) is 7.99. The fourth-order valence-electron chi connectivity index (χ4n) is 3.80. The number of hydrogen-bond donors (Lipinski definition) is 1. The summed E-state index contributed by atoms with van der Waals surface area (Å²) in [7, 11) is 1.76. The summed E-state index contributed by atoms with van der Waals surface area (Å²) in [5.74, 6) is 0.800. The fourth-order valence-corrected chi connectivity index (χ4v) is 3.80. The average Bonchev–Trinajstić information content (AvgIpc) is 2.62. The van der Waals surface area contributed by atoms with E-state index in [1.165, 1.54) is 5.56 Å². The van der Waals surface area contributed by atoms with Crippen LogP contribution >= 0.6 is 0 Å². The molecule has 1 N–H and O–H groups in total. The molecule has 1 aromatic carbocycles. The SMILES string of the molecule is CCN1C(=O)CCc2cc(N[C@@H](COC)C3CCOCC3)ccc21. The number of carbonyl (C=O) groups excluding carboxylic acids is 1. The zero-order valence-corrected chi connectivity index (χ0v) is 14.7. The molecule has 1 aromatic rings. The summed E-state index contributed by atoms with van der Waals surface area (Å²) in [4.78, 5) is 13.9. The van der Waals surface area contributed by atoms with Crippen LogP contribution in [0.15, 0.2) is 18.2 Å². The lowest BCUT2D eigenvalue weighted by molar-refractivity contribution is -0.118. The predicted molar refractivity (Wildman–Crippen MR) is 95.6 cm³/mol. The van der Waals surface area contributed by atoms with Crippen molar-refractivity contribution in [2.24, 2.45) is 5.92 Å². The Balaban J connectivity index is 1.75. The van der Waals surface area contributed by atoms with Crippen LogP contribution in [-0.4, -0.2) is 45.4 Å². The van der Waals surface area contributed by atoms with Crippen LogP contribution in [0.4, 0.5) is 11.4 Å². The summed E-state index contributed by atoms with van der Waals surface area (Å²) in [6, 6.07) is 6.66. The van der Waals surface area contributed by atoms with Crippen molar-refractivity contribution in [3.63, 3.8) is 0 Å². The molecule has 24 heavy (non-hydrogen) atoms. The van der Waals surface area contributed by atoms with E-state index in [0.29, 0.717) is 25.0 Å². The zero-order chi connectivity index (χ0) is 16.9. The van der Waals surface area contributed by atoms with Gasteiger partial charge in [-0.15, -0.1) is 0 Å². The van der Waals surface area contributed by atoms with Gasteiger partial charge in [-0.2, -0.15) is 0 Å². The molecule has 132 valence electrons. The van der Waals surface area contributed by atoms with Crippen LogP contribution in [0.3, 0.4) is 0 Å². The summed E-state index contributed by atoms with van der Waals surface area (Å²) in [6.07, 6.45) is 3.58. The highest BCUT2D eigenvalue weighted by Gasteiger charge is 2.26. The van der Waals surface area contributed by atoms with Crippen LogP contribution in [0.5, 0.6) is 0 Å². The van der Waals surface area contributed by atoms with E-state index in [1.807, 2.05) is 11.8 Å². The molecule has 3 rings (SSSR count). The summed E-state index contributed by atoms with van der Waals surface area (Å²) in [6.45, 7) is 5.13. The fraction of sp³-hybridized carbons (Fsp3) is 0.632. The lowest BCUT2D eigenvalue weighted by Crippen LogP contribution is -2.37. The van der Waals surface area contributed by atoms with Crippen LogP contribution in [0.25, 0.3) is 0 Å². The smallest absolute Gasteiger partial charge is 0.227 e. The highest BCUT2D eigenvalue weighted by molar-refractivity contribution is 5.96. The van der Waals surface area contributed by atoms with Gasteiger partial charge in [-0.3, -0.25) is 4.79 Å². The van der Waals surface area contributed by atoms with E-state index in [1.54, 1.807) is 7.11 Å². The van der Waals surface area contributed by atoms with Gasteiger partial charge in [0.15, 0.2) is 0 Å². The second-order valence-corrected chi connectivity index (χ2v) is 6.64. The Morgan fingerprint density at radius 3 is 2.83 bits per heavy atom. The standard InChI is InChI=1S/C19H28N2O3/c1-3-21-18-6-5-16(12-15(18)4-7-19(21)22)20-17(13-23-2)14-8-10-24-11-9-14/h5-6,12,14,17,20H,3-4,7-11,13H2,1-2H3/t17-/m0/s1. The highest BCUT2D eigenvalue weighted by Crippen LogP contribution is 2.31. The molecule has 0 unspecified atom stereocenters. The molecule has 1 saturated heterocycles. The monoisotopic (exact) mass is 332 g/mol.